The van der Waals surface area contributed by atoms with Crippen LogP contribution < -0.4 is 5.32 Å². The zero-order valence-corrected chi connectivity index (χ0v) is 12.7. The average Bonchev–Trinajstić information content (AvgIpc) is 2.78. The Hall–Kier alpha value is -1.72. The fourth-order valence-corrected chi connectivity index (χ4v) is 3.04. The summed E-state index contributed by atoms with van der Waals surface area (Å²) in [7, 11) is 0. The predicted molar refractivity (Wildman–Crippen MR) is 83.5 cm³/mol. The minimum Gasteiger partial charge on any atom is -0.365 e. The van der Waals surface area contributed by atoms with Gasteiger partial charge in [-0.25, -0.2) is 9.97 Å². The maximum atomic E-state index is 5.97. The first-order chi connectivity index (χ1) is 9.61. The molecule has 1 N–H and O–H groups in total. The van der Waals surface area contributed by atoms with E-state index in [0.29, 0.717) is 6.54 Å². The number of anilines is 1. The van der Waals surface area contributed by atoms with E-state index in [1.807, 2.05) is 32.2 Å². The number of thiophene rings is 1. The second-order valence-corrected chi connectivity index (χ2v) is 6.15. The lowest BCUT2D eigenvalue weighted by Gasteiger charge is -2.07. The van der Waals surface area contributed by atoms with Crippen molar-refractivity contribution in [3.05, 3.63) is 45.8 Å². The Morgan fingerprint density at radius 3 is 2.85 bits per heavy atom. The van der Waals surface area contributed by atoms with Gasteiger partial charge in [-0.15, -0.1) is 11.3 Å². The molecule has 0 bridgehead atoms. The minimum absolute atomic E-state index is 0.267. The van der Waals surface area contributed by atoms with Crippen molar-refractivity contribution in [3.63, 3.8) is 0 Å². The Labute approximate surface area is 125 Å². The zero-order chi connectivity index (χ0) is 14.1. The van der Waals surface area contributed by atoms with Gasteiger partial charge in [-0.3, -0.25) is 4.98 Å². The van der Waals surface area contributed by atoms with Crippen LogP contribution in [0.1, 0.15) is 16.1 Å². The molecule has 0 spiro atoms. The molecule has 0 radical (unpaired) electrons. The molecule has 0 fully saturated rings. The number of nitrogens with zero attached hydrogens (tertiary/aromatic N) is 3. The second-order valence-electron chi connectivity index (χ2n) is 4.58. The molecule has 0 aromatic carbocycles. The molecule has 0 aliphatic heterocycles. The zero-order valence-electron chi connectivity index (χ0n) is 11.1. The highest BCUT2D eigenvalue weighted by Crippen LogP contribution is 2.29. The lowest BCUT2D eigenvalue weighted by Crippen LogP contribution is -2.03. The summed E-state index contributed by atoms with van der Waals surface area (Å²) in [6.07, 6.45) is 1.86. The molecule has 3 rings (SSSR count). The topological polar surface area (TPSA) is 50.7 Å². The maximum Gasteiger partial charge on any atom is 0.225 e. The van der Waals surface area contributed by atoms with Crippen LogP contribution in [0, 0.1) is 13.8 Å². The molecule has 0 unspecified atom stereocenters. The van der Waals surface area contributed by atoms with Crippen LogP contribution in [-0.4, -0.2) is 15.0 Å². The van der Waals surface area contributed by atoms with Gasteiger partial charge >= 0.3 is 0 Å². The molecule has 4 nitrogen and oxygen atoms in total. The van der Waals surface area contributed by atoms with Crippen molar-refractivity contribution in [2.45, 2.75) is 20.4 Å². The highest BCUT2D eigenvalue weighted by atomic mass is 35.5. The van der Waals surface area contributed by atoms with Crippen molar-refractivity contribution in [3.8, 4) is 0 Å². The first-order valence-electron chi connectivity index (χ1n) is 6.21. The number of aryl methyl sites for hydroxylation is 2. The largest absolute Gasteiger partial charge is 0.365 e. The summed E-state index contributed by atoms with van der Waals surface area (Å²) < 4.78 is 0. The summed E-state index contributed by atoms with van der Waals surface area (Å²) in [6.45, 7) is 4.68. The summed E-state index contributed by atoms with van der Waals surface area (Å²) in [5, 5.41) is 4.59. The van der Waals surface area contributed by atoms with Gasteiger partial charge in [-0.2, -0.15) is 0 Å². The molecule has 20 heavy (non-hydrogen) atoms. The standard InChI is InChI=1S/C14H13ClN4S/c1-8-3-4-10(6-16-8)7-17-12-11-5-9(2)20-13(11)19-14(15)18-12/h3-6H,7H2,1-2H3,(H,17,18,19). The molecule has 0 saturated carbocycles. The fraction of sp³-hybridized carbons (Fsp3) is 0.214. The number of halogens is 1. The van der Waals surface area contributed by atoms with Crippen LogP contribution in [0.2, 0.25) is 5.28 Å². The van der Waals surface area contributed by atoms with Crippen LogP contribution in [0.15, 0.2) is 24.4 Å². The molecule has 3 heterocycles. The fourth-order valence-electron chi connectivity index (χ4n) is 1.94. The molecule has 102 valence electrons. The molecule has 3 aromatic rings. The first-order valence-corrected chi connectivity index (χ1v) is 7.40. The molecule has 0 amide bonds. The van der Waals surface area contributed by atoms with Crippen molar-refractivity contribution in [2.75, 3.05) is 5.32 Å². The third-order valence-electron chi connectivity index (χ3n) is 2.92. The number of hydrogen-bond acceptors (Lipinski definition) is 5. The minimum atomic E-state index is 0.267. The van der Waals surface area contributed by atoms with Gasteiger partial charge in [0.2, 0.25) is 5.28 Å². The number of aromatic nitrogens is 3. The monoisotopic (exact) mass is 304 g/mol. The molecule has 0 atom stereocenters. The van der Waals surface area contributed by atoms with Crippen LogP contribution in [-0.2, 0) is 6.54 Å². The van der Waals surface area contributed by atoms with Crippen LogP contribution in [0.3, 0.4) is 0 Å². The SMILES string of the molecule is Cc1ccc(CNc2nc(Cl)nc3sc(C)cc23)cn1. The molecule has 0 aliphatic carbocycles. The number of pyridine rings is 1. The van der Waals surface area contributed by atoms with Crippen LogP contribution >= 0.6 is 22.9 Å². The number of fused-ring (bicyclic) bond motifs is 1. The van der Waals surface area contributed by atoms with Crippen molar-refractivity contribution in [1.29, 1.82) is 0 Å². The van der Waals surface area contributed by atoms with E-state index < -0.39 is 0 Å². The molecule has 0 saturated heterocycles. The van der Waals surface area contributed by atoms with Crippen molar-refractivity contribution < 1.29 is 0 Å². The Morgan fingerprint density at radius 1 is 1.25 bits per heavy atom. The van der Waals surface area contributed by atoms with E-state index in [1.54, 1.807) is 11.3 Å². The van der Waals surface area contributed by atoms with E-state index in [-0.39, 0.29) is 5.28 Å². The summed E-state index contributed by atoms with van der Waals surface area (Å²) in [6, 6.07) is 6.12. The lowest BCUT2D eigenvalue weighted by molar-refractivity contribution is 1.07. The van der Waals surface area contributed by atoms with Crippen molar-refractivity contribution >= 4 is 39.0 Å². The second kappa shape index (κ2) is 5.34. The molecule has 3 aromatic heterocycles. The van der Waals surface area contributed by atoms with E-state index in [1.165, 1.54) is 4.88 Å². The Morgan fingerprint density at radius 2 is 2.10 bits per heavy atom. The normalized spacial score (nSPS) is 10.9. The van der Waals surface area contributed by atoms with Crippen LogP contribution in [0.4, 0.5) is 5.82 Å². The number of nitrogens with one attached hydrogen (secondary N) is 1. The lowest BCUT2D eigenvalue weighted by atomic mass is 10.2. The van der Waals surface area contributed by atoms with Gasteiger partial charge in [0.25, 0.3) is 0 Å². The molecule has 0 aliphatic rings. The number of rotatable bonds is 3. The Kier molecular flexibility index (Phi) is 3.54. The van der Waals surface area contributed by atoms with E-state index in [9.17, 15) is 0 Å². The summed E-state index contributed by atoms with van der Waals surface area (Å²) in [5.41, 5.74) is 2.11. The van der Waals surface area contributed by atoms with Crippen LogP contribution in [0.25, 0.3) is 10.2 Å². The average molecular weight is 305 g/mol. The van der Waals surface area contributed by atoms with Gasteiger partial charge < -0.3 is 5.32 Å². The van der Waals surface area contributed by atoms with Crippen LogP contribution in [0.5, 0.6) is 0 Å². The summed E-state index contributed by atoms with van der Waals surface area (Å²) in [5.74, 6) is 0.768. The quantitative estimate of drug-likeness (QED) is 0.744. The summed E-state index contributed by atoms with van der Waals surface area (Å²) >= 11 is 7.58. The van der Waals surface area contributed by atoms with Gasteiger partial charge in [-0.05, 0) is 43.1 Å². The third-order valence-corrected chi connectivity index (χ3v) is 4.03. The predicted octanol–water partition coefficient (Wildman–Crippen LogP) is 3.97. The van der Waals surface area contributed by atoms with E-state index in [0.717, 1.165) is 27.3 Å². The third kappa shape index (κ3) is 2.73. The van der Waals surface area contributed by atoms with E-state index in [4.69, 9.17) is 11.6 Å². The van der Waals surface area contributed by atoms with Gasteiger partial charge in [-0.1, -0.05) is 6.07 Å². The van der Waals surface area contributed by atoms with Gasteiger partial charge in [0.05, 0.1) is 5.39 Å². The van der Waals surface area contributed by atoms with E-state index in [2.05, 4.69) is 26.3 Å². The summed E-state index contributed by atoms with van der Waals surface area (Å²) in [4.78, 5) is 14.9. The van der Waals surface area contributed by atoms with Crippen molar-refractivity contribution in [2.24, 2.45) is 0 Å². The molecular formula is C14H13ClN4S. The highest BCUT2D eigenvalue weighted by molar-refractivity contribution is 7.18. The Balaban J connectivity index is 1.88. The highest BCUT2D eigenvalue weighted by Gasteiger charge is 2.09. The molecule has 6 heteroatoms. The van der Waals surface area contributed by atoms with Gasteiger partial charge in [0, 0.05) is 23.3 Å². The maximum absolute atomic E-state index is 5.97. The molecular weight excluding hydrogens is 292 g/mol. The number of hydrogen-bond donors (Lipinski definition) is 1. The van der Waals surface area contributed by atoms with Gasteiger partial charge in [0.1, 0.15) is 10.6 Å². The first kappa shape index (κ1) is 13.3. The van der Waals surface area contributed by atoms with Crippen molar-refractivity contribution in [1.82, 2.24) is 15.0 Å². The smallest absolute Gasteiger partial charge is 0.225 e. The van der Waals surface area contributed by atoms with E-state index >= 15 is 0 Å². The van der Waals surface area contributed by atoms with Gasteiger partial charge in [0.15, 0.2) is 0 Å². The Bertz CT molecular complexity index is 752.